The van der Waals surface area contributed by atoms with Gasteiger partial charge in [0.05, 0.1) is 5.69 Å². The lowest BCUT2D eigenvalue weighted by Crippen LogP contribution is -2.22. The zero-order valence-electron chi connectivity index (χ0n) is 9.51. The first kappa shape index (κ1) is 12.3. The zero-order chi connectivity index (χ0) is 13.1. The van der Waals surface area contributed by atoms with E-state index < -0.39 is 11.7 Å². The molecule has 92 valence electrons. The SMILES string of the molecule is Cc1csc(NC(=O)C(=O)c2ccc(O)cc2)n1. The van der Waals surface area contributed by atoms with Gasteiger partial charge in [-0.2, -0.15) is 0 Å². The van der Waals surface area contributed by atoms with Crippen LogP contribution in [0, 0.1) is 6.92 Å². The maximum absolute atomic E-state index is 11.8. The van der Waals surface area contributed by atoms with Crippen molar-refractivity contribution in [2.75, 3.05) is 5.32 Å². The Hall–Kier alpha value is -2.21. The van der Waals surface area contributed by atoms with Crippen LogP contribution in [0.5, 0.6) is 5.75 Å². The Balaban J connectivity index is 2.09. The summed E-state index contributed by atoms with van der Waals surface area (Å²) >= 11 is 1.26. The van der Waals surface area contributed by atoms with Crippen LogP contribution in [0.4, 0.5) is 5.13 Å². The molecule has 0 fully saturated rings. The number of rotatable bonds is 3. The predicted molar refractivity (Wildman–Crippen MR) is 67.9 cm³/mol. The first-order chi connectivity index (χ1) is 8.56. The lowest BCUT2D eigenvalue weighted by Gasteiger charge is -2.01. The number of phenols is 1. The van der Waals surface area contributed by atoms with Crippen LogP contribution < -0.4 is 5.32 Å². The Labute approximate surface area is 107 Å². The lowest BCUT2D eigenvalue weighted by atomic mass is 10.1. The third-order valence-corrected chi connectivity index (χ3v) is 3.05. The number of nitrogens with one attached hydrogen (secondary N) is 1. The molecule has 6 heteroatoms. The molecular formula is C12H10N2O3S. The topological polar surface area (TPSA) is 79.3 Å². The fraction of sp³-hybridized carbons (Fsp3) is 0.0833. The van der Waals surface area contributed by atoms with Gasteiger partial charge in [-0.25, -0.2) is 4.98 Å². The maximum Gasteiger partial charge on any atom is 0.298 e. The number of nitrogens with zero attached hydrogens (tertiary/aromatic N) is 1. The van der Waals surface area contributed by atoms with Crippen LogP contribution in [-0.4, -0.2) is 21.8 Å². The number of hydrogen-bond donors (Lipinski definition) is 2. The highest BCUT2D eigenvalue weighted by atomic mass is 32.1. The normalized spacial score (nSPS) is 10.1. The number of carbonyl (C=O) groups is 2. The van der Waals surface area contributed by atoms with Gasteiger partial charge in [-0.3, -0.25) is 14.9 Å². The van der Waals surface area contributed by atoms with Gasteiger partial charge in [0.1, 0.15) is 5.75 Å². The van der Waals surface area contributed by atoms with E-state index in [0.29, 0.717) is 5.13 Å². The van der Waals surface area contributed by atoms with E-state index in [1.807, 2.05) is 0 Å². The largest absolute Gasteiger partial charge is 0.508 e. The number of anilines is 1. The Morgan fingerprint density at radius 1 is 1.28 bits per heavy atom. The molecule has 0 radical (unpaired) electrons. The van der Waals surface area contributed by atoms with Gasteiger partial charge in [-0.1, -0.05) is 0 Å². The van der Waals surface area contributed by atoms with Crippen molar-refractivity contribution in [1.29, 1.82) is 0 Å². The Morgan fingerprint density at radius 3 is 2.50 bits per heavy atom. The number of ketones is 1. The summed E-state index contributed by atoms with van der Waals surface area (Å²) in [6.07, 6.45) is 0. The quantitative estimate of drug-likeness (QED) is 0.654. The van der Waals surface area contributed by atoms with Gasteiger partial charge in [-0.05, 0) is 31.2 Å². The maximum atomic E-state index is 11.8. The molecule has 1 aromatic carbocycles. The third-order valence-electron chi connectivity index (χ3n) is 2.18. The molecule has 2 aromatic rings. The van der Waals surface area contributed by atoms with E-state index in [1.165, 1.54) is 35.6 Å². The summed E-state index contributed by atoms with van der Waals surface area (Å²) < 4.78 is 0. The summed E-state index contributed by atoms with van der Waals surface area (Å²) in [4.78, 5) is 27.4. The lowest BCUT2D eigenvalue weighted by molar-refractivity contribution is -0.112. The number of aromatic hydroxyl groups is 1. The van der Waals surface area contributed by atoms with Crippen molar-refractivity contribution >= 4 is 28.2 Å². The van der Waals surface area contributed by atoms with Gasteiger partial charge < -0.3 is 5.11 Å². The smallest absolute Gasteiger partial charge is 0.298 e. The van der Waals surface area contributed by atoms with Gasteiger partial charge in [0.25, 0.3) is 11.7 Å². The second kappa shape index (κ2) is 4.97. The van der Waals surface area contributed by atoms with Crippen molar-refractivity contribution in [3.05, 3.63) is 40.9 Å². The predicted octanol–water partition coefficient (Wildman–Crippen LogP) is 1.98. The highest BCUT2D eigenvalue weighted by molar-refractivity contribution is 7.14. The second-order valence-corrected chi connectivity index (χ2v) is 4.48. The number of phenolic OH excluding ortho intramolecular Hbond substituents is 1. The third kappa shape index (κ3) is 2.72. The fourth-order valence-electron chi connectivity index (χ4n) is 1.31. The highest BCUT2D eigenvalue weighted by Crippen LogP contribution is 2.15. The molecular weight excluding hydrogens is 252 g/mol. The number of aromatic nitrogens is 1. The minimum Gasteiger partial charge on any atom is -0.508 e. The molecule has 0 aliphatic rings. The summed E-state index contributed by atoms with van der Waals surface area (Å²) in [6.45, 7) is 1.80. The minimum atomic E-state index is -0.741. The minimum absolute atomic E-state index is 0.0440. The van der Waals surface area contributed by atoms with Gasteiger partial charge in [-0.15, -0.1) is 11.3 Å². The summed E-state index contributed by atoms with van der Waals surface area (Å²) in [6, 6.07) is 5.50. The van der Waals surface area contributed by atoms with Crippen molar-refractivity contribution in [2.45, 2.75) is 6.92 Å². The first-order valence-electron chi connectivity index (χ1n) is 5.13. The van der Waals surface area contributed by atoms with Gasteiger partial charge >= 0.3 is 0 Å². The molecule has 2 rings (SSSR count). The first-order valence-corrected chi connectivity index (χ1v) is 6.01. The number of aryl methyl sites for hydroxylation is 1. The van der Waals surface area contributed by atoms with Crippen LogP contribution in [-0.2, 0) is 4.79 Å². The summed E-state index contributed by atoms with van der Waals surface area (Å²) in [5.41, 5.74) is 1.01. The molecule has 0 atom stereocenters. The van der Waals surface area contributed by atoms with Crippen molar-refractivity contribution in [1.82, 2.24) is 4.98 Å². The number of amides is 1. The second-order valence-electron chi connectivity index (χ2n) is 3.62. The number of thiazole rings is 1. The van der Waals surface area contributed by atoms with Crippen LogP contribution in [0.25, 0.3) is 0 Å². The van der Waals surface area contributed by atoms with E-state index in [1.54, 1.807) is 12.3 Å². The van der Waals surface area contributed by atoms with Crippen LogP contribution in [0.3, 0.4) is 0 Å². The number of Topliss-reactive ketones (excluding diaryl/α,β-unsaturated/α-hetero) is 1. The molecule has 0 spiro atoms. The molecule has 1 amide bonds. The van der Waals surface area contributed by atoms with Crippen LogP contribution in [0.1, 0.15) is 16.1 Å². The standard InChI is InChI=1S/C12H10N2O3S/c1-7-6-18-12(13-7)14-11(17)10(16)8-2-4-9(15)5-3-8/h2-6,15H,1H3,(H,13,14,17). The molecule has 0 saturated heterocycles. The van der Waals surface area contributed by atoms with Crippen molar-refractivity contribution in [2.24, 2.45) is 0 Å². The summed E-state index contributed by atoms with van der Waals surface area (Å²) in [5.74, 6) is -1.36. The molecule has 5 nitrogen and oxygen atoms in total. The van der Waals surface area contributed by atoms with Crippen molar-refractivity contribution in [3.63, 3.8) is 0 Å². The molecule has 18 heavy (non-hydrogen) atoms. The molecule has 0 bridgehead atoms. The van der Waals surface area contributed by atoms with Crippen LogP contribution in [0.15, 0.2) is 29.6 Å². The average Bonchev–Trinajstić information content (AvgIpc) is 2.75. The Kier molecular flexibility index (Phi) is 3.38. The Bertz CT molecular complexity index is 590. The molecule has 1 aromatic heterocycles. The molecule has 2 N–H and O–H groups in total. The van der Waals surface area contributed by atoms with E-state index in [0.717, 1.165) is 5.69 Å². The molecule has 1 heterocycles. The van der Waals surface area contributed by atoms with E-state index in [-0.39, 0.29) is 11.3 Å². The Morgan fingerprint density at radius 2 is 1.94 bits per heavy atom. The van der Waals surface area contributed by atoms with Crippen molar-refractivity contribution in [3.8, 4) is 5.75 Å². The van der Waals surface area contributed by atoms with Gasteiger partial charge in [0.2, 0.25) is 0 Å². The van der Waals surface area contributed by atoms with E-state index >= 15 is 0 Å². The monoisotopic (exact) mass is 262 g/mol. The molecule has 0 unspecified atom stereocenters. The van der Waals surface area contributed by atoms with Crippen LogP contribution in [0.2, 0.25) is 0 Å². The number of carbonyl (C=O) groups excluding carboxylic acids is 2. The van der Waals surface area contributed by atoms with Crippen molar-refractivity contribution < 1.29 is 14.7 Å². The summed E-state index contributed by atoms with van der Waals surface area (Å²) in [5, 5.41) is 13.7. The van der Waals surface area contributed by atoms with E-state index in [9.17, 15) is 9.59 Å². The molecule has 0 aliphatic carbocycles. The molecule has 0 saturated carbocycles. The van der Waals surface area contributed by atoms with Gasteiger partial charge in [0.15, 0.2) is 5.13 Å². The zero-order valence-corrected chi connectivity index (χ0v) is 10.3. The van der Waals surface area contributed by atoms with E-state index in [2.05, 4.69) is 10.3 Å². The summed E-state index contributed by atoms with van der Waals surface area (Å²) in [7, 11) is 0. The average molecular weight is 262 g/mol. The number of benzene rings is 1. The molecule has 0 aliphatic heterocycles. The van der Waals surface area contributed by atoms with Gasteiger partial charge in [0, 0.05) is 10.9 Å². The highest BCUT2D eigenvalue weighted by Gasteiger charge is 2.17. The number of hydrogen-bond acceptors (Lipinski definition) is 5. The van der Waals surface area contributed by atoms with Crippen LogP contribution >= 0.6 is 11.3 Å². The van der Waals surface area contributed by atoms with E-state index in [4.69, 9.17) is 5.11 Å². The fourth-order valence-corrected chi connectivity index (χ4v) is 1.99.